The summed E-state index contributed by atoms with van der Waals surface area (Å²) in [6.07, 6.45) is -5.56. The van der Waals surface area contributed by atoms with Gasteiger partial charge in [0.1, 0.15) is 5.69 Å². The Balaban J connectivity index is 3.11. The molecule has 0 saturated heterocycles. The molecule has 0 amide bonds. The van der Waals surface area contributed by atoms with Crippen molar-refractivity contribution in [3.8, 4) is 0 Å². The number of ether oxygens (including phenoxy) is 1. The lowest BCUT2D eigenvalue weighted by molar-refractivity contribution is -0.140. The average Bonchev–Trinajstić information content (AvgIpc) is 2.36. The molecule has 10 heteroatoms. The van der Waals surface area contributed by atoms with Gasteiger partial charge in [-0.2, -0.15) is 13.2 Å². The van der Waals surface area contributed by atoms with E-state index < -0.39 is 45.0 Å². The van der Waals surface area contributed by atoms with Crippen molar-refractivity contribution >= 4 is 15.7 Å². The summed E-state index contributed by atoms with van der Waals surface area (Å²) < 4.78 is 69.3. The molecule has 22 heavy (non-hydrogen) atoms. The van der Waals surface area contributed by atoms with Gasteiger partial charge in [0.05, 0.1) is 17.5 Å². The summed E-state index contributed by atoms with van der Waals surface area (Å²) >= 11 is 0. The Hall–Kier alpha value is -1.55. The van der Waals surface area contributed by atoms with Crippen molar-refractivity contribution in [1.82, 2.24) is 4.98 Å². The van der Waals surface area contributed by atoms with Gasteiger partial charge in [0.2, 0.25) is 15.6 Å². The standard InChI is InChI=1S/C12H17F3N2O4S/c1-7(2)9(21-3)6-22(19,20)17-8-4-5-10(18)16-11(8)12(13,14)15/h4-5,7,9,17H,6H2,1-3H3,(H,16,18). The van der Waals surface area contributed by atoms with Gasteiger partial charge in [-0.15, -0.1) is 0 Å². The Morgan fingerprint density at radius 1 is 1.32 bits per heavy atom. The molecule has 1 atom stereocenters. The fourth-order valence-electron chi connectivity index (χ4n) is 1.74. The Morgan fingerprint density at radius 3 is 2.36 bits per heavy atom. The molecule has 0 radical (unpaired) electrons. The Bertz CT molecular complexity index is 668. The van der Waals surface area contributed by atoms with Gasteiger partial charge in [0.25, 0.3) is 0 Å². The third-order valence-electron chi connectivity index (χ3n) is 2.90. The van der Waals surface area contributed by atoms with Gasteiger partial charge in [-0.3, -0.25) is 9.52 Å². The van der Waals surface area contributed by atoms with Gasteiger partial charge in [0.15, 0.2) is 0 Å². The summed E-state index contributed by atoms with van der Waals surface area (Å²) in [5.74, 6) is -0.642. The number of nitrogens with one attached hydrogen (secondary N) is 2. The molecule has 2 N–H and O–H groups in total. The molecular formula is C12H17F3N2O4S. The van der Waals surface area contributed by atoms with E-state index in [1.165, 1.54) is 7.11 Å². The predicted molar refractivity (Wildman–Crippen MR) is 75.1 cm³/mol. The maximum absolute atomic E-state index is 12.8. The molecule has 0 fully saturated rings. The molecule has 6 nitrogen and oxygen atoms in total. The molecule has 1 aromatic rings. The number of rotatable bonds is 6. The van der Waals surface area contributed by atoms with Gasteiger partial charge in [-0.25, -0.2) is 8.42 Å². The van der Waals surface area contributed by atoms with Gasteiger partial charge in [0, 0.05) is 13.2 Å². The third kappa shape index (κ3) is 5.02. The zero-order chi connectivity index (χ0) is 17.1. The molecule has 0 aliphatic carbocycles. The summed E-state index contributed by atoms with van der Waals surface area (Å²) in [7, 11) is -2.76. The fourth-order valence-corrected chi connectivity index (χ4v) is 3.28. The lowest BCUT2D eigenvalue weighted by Crippen LogP contribution is -2.32. The van der Waals surface area contributed by atoms with Crippen molar-refractivity contribution in [1.29, 1.82) is 0 Å². The molecule has 1 unspecified atom stereocenters. The van der Waals surface area contributed by atoms with E-state index in [1.54, 1.807) is 18.8 Å². The maximum atomic E-state index is 12.8. The number of aromatic amines is 1. The van der Waals surface area contributed by atoms with E-state index in [0.29, 0.717) is 0 Å². The predicted octanol–water partition coefficient (Wildman–Crippen LogP) is 1.81. The minimum atomic E-state index is -4.89. The van der Waals surface area contributed by atoms with E-state index in [-0.39, 0.29) is 5.92 Å². The van der Waals surface area contributed by atoms with Crippen molar-refractivity contribution in [2.45, 2.75) is 26.1 Å². The Morgan fingerprint density at radius 2 is 1.91 bits per heavy atom. The van der Waals surface area contributed by atoms with Crippen molar-refractivity contribution in [2.24, 2.45) is 5.92 Å². The van der Waals surface area contributed by atoms with Crippen LogP contribution in [0.2, 0.25) is 0 Å². The number of hydrogen-bond donors (Lipinski definition) is 2. The normalized spacial score (nSPS) is 14.1. The van der Waals surface area contributed by atoms with Crippen molar-refractivity contribution in [3.63, 3.8) is 0 Å². The van der Waals surface area contributed by atoms with Gasteiger partial charge >= 0.3 is 6.18 Å². The van der Waals surface area contributed by atoms with Crippen LogP contribution >= 0.6 is 0 Å². The highest BCUT2D eigenvalue weighted by atomic mass is 32.2. The number of H-pyrrole nitrogens is 1. The summed E-state index contributed by atoms with van der Waals surface area (Å²) in [6, 6.07) is 1.58. The highest BCUT2D eigenvalue weighted by Gasteiger charge is 2.36. The van der Waals surface area contributed by atoms with E-state index in [9.17, 15) is 26.4 Å². The molecule has 0 aliphatic rings. The first kappa shape index (κ1) is 18.5. The van der Waals surface area contributed by atoms with E-state index in [0.717, 1.165) is 12.1 Å². The maximum Gasteiger partial charge on any atom is 0.433 e. The van der Waals surface area contributed by atoms with E-state index in [2.05, 4.69) is 0 Å². The van der Waals surface area contributed by atoms with E-state index >= 15 is 0 Å². The number of halogens is 3. The van der Waals surface area contributed by atoms with Crippen LogP contribution in [0.4, 0.5) is 18.9 Å². The second-order valence-corrected chi connectivity index (χ2v) is 6.78. The van der Waals surface area contributed by atoms with Crippen LogP contribution in [0.25, 0.3) is 0 Å². The Kier molecular flexibility index (Phi) is 5.63. The number of hydrogen-bond acceptors (Lipinski definition) is 4. The van der Waals surface area contributed by atoms with Crippen LogP contribution in [0.15, 0.2) is 16.9 Å². The van der Waals surface area contributed by atoms with Gasteiger partial charge < -0.3 is 9.72 Å². The SMILES string of the molecule is COC(CS(=O)(=O)Nc1ccc(=O)[nH]c1C(F)(F)F)C(C)C. The molecule has 0 aromatic carbocycles. The quantitative estimate of drug-likeness (QED) is 0.825. The largest absolute Gasteiger partial charge is 0.433 e. The molecule has 0 saturated carbocycles. The first-order chi connectivity index (χ1) is 9.96. The van der Waals surface area contributed by atoms with Gasteiger partial charge in [-0.1, -0.05) is 13.8 Å². The first-order valence-electron chi connectivity index (χ1n) is 6.30. The minimum absolute atomic E-state index is 0.140. The lowest BCUT2D eigenvalue weighted by Gasteiger charge is -2.20. The van der Waals surface area contributed by atoms with Crippen LogP contribution in [0, 0.1) is 5.92 Å². The van der Waals surface area contributed by atoms with Crippen molar-refractivity contribution in [2.75, 3.05) is 17.6 Å². The average molecular weight is 342 g/mol. The lowest BCUT2D eigenvalue weighted by atomic mass is 10.1. The van der Waals surface area contributed by atoms with Crippen LogP contribution in [0.5, 0.6) is 0 Å². The van der Waals surface area contributed by atoms with Gasteiger partial charge in [-0.05, 0) is 12.0 Å². The number of anilines is 1. The number of sulfonamides is 1. The minimum Gasteiger partial charge on any atom is -0.380 e. The van der Waals surface area contributed by atoms with E-state index in [4.69, 9.17) is 4.74 Å². The summed E-state index contributed by atoms with van der Waals surface area (Å²) in [4.78, 5) is 12.6. The molecule has 0 aliphatic heterocycles. The zero-order valence-corrected chi connectivity index (χ0v) is 13.0. The second kappa shape index (κ2) is 6.69. The fraction of sp³-hybridized carbons (Fsp3) is 0.583. The third-order valence-corrected chi connectivity index (χ3v) is 4.20. The molecule has 1 rings (SSSR count). The van der Waals surface area contributed by atoms with Crippen LogP contribution in [0.3, 0.4) is 0 Å². The first-order valence-corrected chi connectivity index (χ1v) is 7.95. The van der Waals surface area contributed by atoms with Crippen molar-refractivity contribution < 1.29 is 26.3 Å². The Labute approximate surface area is 125 Å². The molecule has 126 valence electrons. The number of pyridine rings is 1. The monoisotopic (exact) mass is 342 g/mol. The molecule has 0 bridgehead atoms. The summed E-state index contributed by atoms with van der Waals surface area (Å²) in [6.45, 7) is 3.45. The molecular weight excluding hydrogens is 325 g/mol. The van der Waals surface area contributed by atoms with Crippen LogP contribution in [-0.4, -0.2) is 32.4 Å². The summed E-state index contributed by atoms with van der Waals surface area (Å²) in [5.41, 5.74) is -3.15. The topological polar surface area (TPSA) is 88.3 Å². The highest BCUT2D eigenvalue weighted by Crippen LogP contribution is 2.32. The molecule has 0 spiro atoms. The molecule has 1 aromatic heterocycles. The summed E-state index contributed by atoms with van der Waals surface area (Å²) in [5, 5.41) is 0. The smallest absolute Gasteiger partial charge is 0.380 e. The highest BCUT2D eigenvalue weighted by molar-refractivity contribution is 7.92. The number of methoxy groups -OCH3 is 1. The van der Waals surface area contributed by atoms with E-state index in [1.807, 2.05) is 4.72 Å². The second-order valence-electron chi connectivity index (χ2n) is 5.01. The molecule has 1 heterocycles. The van der Waals surface area contributed by atoms with Crippen LogP contribution in [0.1, 0.15) is 19.5 Å². The number of aromatic nitrogens is 1. The van der Waals surface area contributed by atoms with Crippen molar-refractivity contribution in [3.05, 3.63) is 28.2 Å². The van der Waals surface area contributed by atoms with Crippen LogP contribution in [-0.2, 0) is 20.9 Å². The zero-order valence-electron chi connectivity index (χ0n) is 12.2. The van der Waals surface area contributed by atoms with Crippen LogP contribution < -0.4 is 10.3 Å². The number of alkyl halides is 3.